The van der Waals surface area contributed by atoms with Crippen LogP contribution in [0, 0.1) is 0 Å². The minimum atomic E-state index is -1.00. The van der Waals surface area contributed by atoms with Gasteiger partial charge >= 0.3 is 11.7 Å². The summed E-state index contributed by atoms with van der Waals surface area (Å²) in [6, 6.07) is 19.6. The Balaban J connectivity index is 1.38. The van der Waals surface area contributed by atoms with Gasteiger partial charge in [0.1, 0.15) is 0 Å². The Morgan fingerprint density at radius 3 is 2.51 bits per heavy atom. The molecule has 1 aliphatic carbocycles. The van der Waals surface area contributed by atoms with Crippen LogP contribution in [0.25, 0.3) is 16.7 Å². The SMILES string of the molecule is C[C@H]1CN(C(=O)Cc2ccc(-n3c(=O)n(C4(c5cccc(C(=O)O)c5)CC4)c4ccc(Cl)cc43)cc2)CCO1. The zero-order chi connectivity index (χ0) is 27.3. The van der Waals surface area contributed by atoms with Crippen molar-refractivity contribution in [2.24, 2.45) is 0 Å². The van der Waals surface area contributed by atoms with Crippen LogP contribution in [-0.4, -0.2) is 56.8 Å². The molecule has 2 heterocycles. The lowest BCUT2D eigenvalue weighted by molar-refractivity contribution is -0.137. The molecule has 1 aliphatic heterocycles. The van der Waals surface area contributed by atoms with Crippen molar-refractivity contribution in [3.05, 3.63) is 98.9 Å². The number of rotatable bonds is 6. The van der Waals surface area contributed by atoms with Crippen molar-refractivity contribution < 1.29 is 19.4 Å². The van der Waals surface area contributed by atoms with E-state index in [1.54, 1.807) is 39.5 Å². The van der Waals surface area contributed by atoms with Crippen molar-refractivity contribution in [3.8, 4) is 5.69 Å². The topological polar surface area (TPSA) is 93.8 Å². The first-order valence-corrected chi connectivity index (χ1v) is 13.4. The molecule has 200 valence electrons. The summed E-state index contributed by atoms with van der Waals surface area (Å²) >= 11 is 6.37. The third kappa shape index (κ3) is 4.53. The van der Waals surface area contributed by atoms with E-state index in [0.29, 0.717) is 35.9 Å². The second kappa shape index (κ2) is 9.70. The fourth-order valence-electron chi connectivity index (χ4n) is 5.63. The number of fused-ring (bicyclic) bond motifs is 1. The second-order valence-electron chi connectivity index (χ2n) is 10.4. The number of aromatic carboxylic acids is 1. The van der Waals surface area contributed by atoms with Crippen LogP contribution in [0.4, 0.5) is 0 Å². The lowest BCUT2D eigenvalue weighted by Gasteiger charge is -2.31. The van der Waals surface area contributed by atoms with E-state index in [9.17, 15) is 19.5 Å². The summed E-state index contributed by atoms with van der Waals surface area (Å²) < 4.78 is 8.95. The maximum Gasteiger partial charge on any atom is 0.335 e. The van der Waals surface area contributed by atoms with Crippen molar-refractivity contribution in [2.45, 2.75) is 37.8 Å². The molecule has 6 rings (SSSR count). The fourth-order valence-corrected chi connectivity index (χ4v) is 5.80. The summed E-state index contributed by atoms with van der Waals surface area (Å²) in [4.78, 5) is 40.3. The highest BCUT2D eigenvalue weighted by Gasteiger charge is 2.49. The molecule has 9 heteroatoms. The van der Waals surface area contributed by atoms with Crippen molar-refractivity contribution in [1.29, 1.82) is 0 Å². The number of carboxylic acid groups (broad SMARTS) is 1. The van der Waals surface area contributed by atoms with Gasteiger partial charge in [-0.2, -0.15) is 0 Å². The van der Waals surface area contributed by atoms with Crippen LogP contribution in [0.15, 0.2) is 71.5 Å². The van der Waals surface area contributed by atoms with Gasteiger partial charge < -0.3 is 14.7 Å². The number of carboxylic acids is 1. The monoisotopic (exact) mass is 545 g/mol. The van der Waals surface area contributed by atoms with Crippen LogP contribution in [0.3, 0.4) is 0 Å². The average Bonchev–Trinajstić information content (AvgIpc) is 3.67. The summed E-state index contributed by atoms with van der Waals surface area (Å²) in [5.41, 5.74) is 3.06. The van der Waals surface area contributed by atoms with Crippen LogP contribution < -0.4 is 5.69 Å². The van der Waals surface area contributed by atoms with Gasteiger partial charge in [0.25, 0.3) is 0 Å². The van der Waals surface area contributed by atoms with E-state index in [-0.39, 0.29) is 29.7 Å². The Bertz CT molecular complexity index is 1650. The molecule has 0 unspecified atom stereocenters. The highest BCUT2D eigenvalue weighted by atomic mass is 35.5. The fraction of sp³-hybridized carbons (Fsp3) is 0.300. The zero-order valence-electron chi connectivity index (χ0n) is 21.5. The third-order valence-electron chi connectivity index (χ3n) is 7.74. The standard InChI is InChI=1S/C30H28ClN3O5/c1-19-18-32(13-14-39-19)27(35)15-20-5-8-24(9-6-20)33-26-17-23(31)7-10-25(26)34(29(33)38)30(11-12-30)22-4-2-3-21(16-22)28(36)37/h2-10,16-17,19H,11-15,18H2,1H3,(H,36,37)/t19-/m0/s1. The normalized spacial score (nSPS) is 18.3. The first-order valence-electron chi connectivity index (χ1n) is 13.0. The van der Waals surface area contributed by atoms with Crippen molar-refractivity contribution in [3.63, 3.8) is 0 Å². The Labute approximate surface area is 230 Å². The van der Waals surface area contributed by atoms with E-state index in [1.165, 1.54) is 0 Å². The second-order valence-corrected chi connectivity index (χ2v) is 10.8. The number of amides is 1. The number of hydrogen-bond donors (Lipinski definition) is 1. The molecule has 39 heavy (non-hydrogen) atoms. The molecule has 2 fully saturated rings. The van der Waals surface area contributed by atoms with Crippen LogP contribution in [0.2, 0.25) is 5.02 Å². The van der Waals surface area contributed by atoms with Crippen molar-refractivity contribution in [1.82, 2.24) is 14.0 Å². The van der Waals surface area contributed by atoms with E-state index in [4.69, 9.17) is 16.3 Å². The molecule has 1 atom stereocenters. The highest BCUT2D eigenvalue weighted by Crippen LogP contribution is 2.50. The van der Waals surface area contributed by atoms with Gasteiger partial charge in [0.2, 0.25) is 5.91 Å². The minimum Gasteiger partial charge on any atom is -0.478 e. The van der Waals surface area contributed by atoms with Gasteiger partial charge in [0.05, 0.1) is 47.0 Å². The van der Waals surface area contributed by atoms with E-state index >= 15 is 0 Å². The van der Waals surface area contributed by atoms with E-state index < -0.39 is 11.5 Å². The molecule has 1 saturated carbocycles. The number of imidazole rings is 1. The molecule has 3 aromatic carbocycles. The van der Waals surface area contributed by atoms with Crippen LogP contribution in [0.1, 0.15) is 41.3 Å². The van der Waals surface area contributed by atoms with Gasteiger partial charge in [-0.1, -0.05) is 35.9 Å². The van der Waals surface area contributed by atoms with Gasteiger partial charge in [0, 0.05) is 18.1 Å². The van der Waals surface area contributed by atoms with Crippen LogP contribution >= 0.6 is 11.6 Å². The number of halogens is 1. The zero-order valence-corrected chi connectivity index (χ0v) is 22.2. The predicted molar refractivity (Wildman–Crippen MR) is 148 cm³/mol. The Morgan fingerprint density at radius 2 is 1.82 bits per heavy atom. The van der Waals surface area contributed by atoms with Gasteiger partial charge in [-0.05, 0) is 73.4 Å². The first kappa shape index (κ1) is 25.4. The maximum absolute atomic E-state index is 14.1. The summed E-state index contributed by atoms with van der Waals surface area (Å²) in [5.74, 6) is -0.950. The number of nitrogens with zero attached hydrogens (tertiary/aromatic N) is 3. The van der Waals surface area contributed by atoms with Gasteiger partial charge in [0.15, 0.2) is 0 Å². The van der Waals surface area contributed by atoms with Crippen LogP contribution in [0.5, 0.6) is 0 Å². The van der Waals surface area contributed by atoms with Gasteiger partial charge in [-0.3, -0.25) is 13.9 Å². The predicted octanol–water partition coefficient (Wildman–Crippen LogP) is 4.47. The highest BCUT2D eigenvalue weighted by molar-refractivity contribution is 6.31. The number of benzene rings is 3. The van der Waals surface area contributed by atoms with Gasteiger partial charge in [-0.15, -0.1) is 0 Å². The molecule has 4 aromatic rings. The molecule has 8 nitrogen and oxygen atoms in total. The molecule has 1 aromatic heterocycles. The molecular weight excluding hydrogens is 518 g/mol. The molecule has 0 radical (unpaired) electrons. The number of carbonyl (C=O) groups excluding carboxylic acids is 1. The Hall–Kier alpha value is -3.88. The molecule has 0 spiro atoms. The number of hydrogen-bond acceptors (Lipinski definition) is 4. The maximum atomic E-state index is 14.1. The van der Waals surface area contributed by atoms with Crippen molar-refractivity contribution in [2.75, 3.05) is 19.7 Å². The quantitative estimate of drug-likeness (QED) is 0.386. The molecule has 2 aliphatic rings. The smallest absolute Gasteiger partial charge is 0.335 e. The number of ether oxygens (including phenoxy) is 1. The summed E-state index contributed by atoms with van der Waals surface area (Å²) in [5, 5.41) is 10.0. The van der Waals surface area contributed by atoms with Crippen molar-refractivity contribution >= 4 is 34.5 Å². The van der Waals surface area contributed by atoms with E-state index in [0.717, 1.165) is 29.5 Å². The number of carbonyl (C=O) groups is 2. The summed E-state index contributed by atoms with van der Waals surface area (Å²) in [7, 11) is 0. The molecule has 1 amide bonds. The van der Waals surface area contributed by atoms with E-state index in [1.807, 2.05) is 48.2 Å². The number of morpholine rings is 1. The minimum absolute atomic E-state index is 0.0301. The third-order valence-corrected chi connectivity index (χ3v) is 7.98. The summed E-state index contributed by atoms with van der Waals surface area (Å²) in [6.45, 7) is 3.69. The lowest BCUT2D eigenvalue weighted by atomic mass is 10.0. The Morgan fingerprint density at radius 1 is 1.05 bits per heavy atom. The largest absolute Gasteiger partial charge is 0.478 e. The van der Waals surface area contributed by atoms with Crippen LogP contribution in [-0.2, 0) is 21.5 Å². The van der Waals surface area contributed by atoms with Gasteiger partial charge in [-0.25, -0.2) is 9.59 Å². The molecule has 1 saturated heterocycles. The average molecular weight is 546 g/mol. The van der Waals surface area contributed by atoms with E-state index in [2.05, 4.69) is 0 Å². The number of aromatic nitrogens is 2. The summed E-state index contributed by atoms with van der Waals surface area (Å²) in [6.07, 6.45) is 1.75. The Kier molecular flexibility index (Phi) is 6.32. The first-order chi connectivity index (χ1) is 18.8. The molecule has 0 bridgehead atoms. The molecular formula is C30H28ClN3O5. The molecule has 1 N–H and O–H groups in total. The lowest BCUT2D eigenvalue weighted by Crippen LogP contribution is -2.45.